The molecule has 0 radical (unpaired) electrons. The molecule has 0 saturated heterocycles. The van der Waals surface area contributed by atoms with E-state index < -0.39 is 5.91 Å². The number of carbonyl (C=O) groups excluding carboxylic acids is 2. The number of aromatic nitrogens is 2. The number of methoxy groups -OCH3 is 1. The van der Waals surface area contributed by atoms with E-state index >= 15 is 0 Å². The smallest absolute Gasteiger partial charge is 0.269 e. The average molecular weight is 599 g/mol. The lowest BCUT2D eigenvalue weighted by Gasteiger charge is -2.17. The summed E-state index contributed by atoms with van der Waals surface area (Å²) in [5.74, 6) is -0.0482. The molecule has 0 spiro atoms. The SMILES string of the molecule is C=CN(C)Cc1cccc(C)n1.CNC(=O)/C(N)=C(/C=C(\N)NC(=O)C1CC1)Nc1cccc(-c2ccc(C)nc2)c1OC. The Hall–Kier alpha value is -5.32. The van der Waals surface area contributed by atoms with Crippen LogP contribution in [0.15, 0.2) is 90.8 Å². The number of nitrogens with two attached hydrogens (primary N) is 2. The number of anilines is 1. The summed E-state index contributed by atoms with van der Waals surface area (Å²) in [5, 5.41) is 8.25. The molecule has 2 aromatic heterocycles. The molecule has 0 unspecified atom stereocenters. The highest BCUT2D eigenvalue weighted by molar-refractivity contribution is 5.94. The van der Waals surface area contributed by atoms with E-state index in [1.165, 1.54) is 13.1 Å². The van der Waals surface area contributed by atoms with Gasteiger partial charge >= 0.3 is 0 Å². The zero-order chi connectivity index (χ0) is 32.2. The number of para-hydroxylation sites is 1. The van der Waals surface area contributed by atoms with Gasteiger partial charge < -0.3 is 37.1 Å². The molecule has 232 valence electrons. The lowest BCUT2D eigenvalue weighted by atomic mass is 10.0. The number of nitrogens with zero attached hydrogens (tertiary/aromatic N) is 3. The first kappa shape index (κ1) is 33.2. The third kappa shape index (κ3) is 9.62. The van der Waals surface area contributed by atoms with Crippen LogP contribution in [0.4, 0.5) is 5.69 Å². The Morgan fingerprint density at radius 3 is 2.41 bits per heavy atom. The van der Waals surface area contributed by atoms with Gasteiger partial charge in [-0.3, -0.25) is 19.6 Å². The fourth-order valence-electron chi connectivity index (χ4n) is 4.08. The Morgan fingerprint density at radius 2 is 1.82 bits per heavy atom. The molecule has 1 aromatic carbocycles. The van der Waals surface area contributed by atoms with Gasteiger partial charge in [0.25, 0.3) is 5.91 Å². The Balaban J connectivity index is 0.000000369. The van der Waals surface area contributed by atoms with Gasteiger partial charge in [-0.25, -0.2) is 0 Å². The maximum Gasteiger partial charge on any atom is 0.269 e. The molecule has 1 aliphatic carbocycles. The van der Waals surface area contributed by atoms with E-state index in [1.54, 1.807) is 25.6 Å². The summed E-state index contributed by atoms with van der Waals surface area (Å²) in [4.78, 5) is 35.0. The van der Waals surface area contributed by atoms with Gasteiger partial charge in [-0.15, -0.1) is 0 Å². The van der Waals surface area contributed by atoms with Crippen LogP contribution in [-0.2, 0) is 16.1 Å². The quantitative estimate of drug-likeness (QED) is 0.164. The second kappa shape index (κ2) is 15.8. The first-order chi connectivity index (χ1) is 21.1. The molecular formula is C33H42N8O3. The minimum absolute atomic E-state index is 0.0153. The third-order valence-corrected chi connectivity index (χ3v) is 6.66. The monoisotopic (exact) mass is 598 g/mol. The molecule has 0 aliphatic heterocycles. The van der Waals surface area contributed by atoms with E-state index in [4.69, 9.17) is 16.2 Å². The number of ether oxygens (including phenoxy) is 1. The summed E-state index contributed by atoms with van der Waals surface area (Å²) in [5.41, 5.74) is 17.5. The molecule has 4 rings (SSSR count). The van der Waals surface area contributed by atoms with Crippen molar-refractivity contribution in [2.24, 2.45) is 17.4 Å². The summed E-state index contributed by atoms with van der Waals surface area (Å²) in [6.07, 6.45) is 6.67. The van der Waals surface area contributed by atoms with Crippen molar-refractivity contribution in [3.63, 3.8) is 0 Å². The highest BCUT2D eigenvalue weighted by Crippen LogP contribution is 2.37. The van der Waals surface area contributed by atoms with E-state index in [1.807, 2.05) is 68.3 Å². The van der Waals surface area contributed by atoms with Crippen LogP contribution in [-0.4, -0.2) is 47.9 Å². The third-order valence-electron chi connectivity index (χ3n) is 6.66. The largest absolute Gasteiger partial charge is 0.494 e. The van der Waals surface area contributed by atoms with Gasteiger partial charge in [-0.2, -0.15) is 0 Å². The molecule has 1 fully saturated rings. The average Bonchev–Trinajstić information content (AvgIpc) is 3.86. The molecular weight excluding hydrogens is 556 g/mol. The predicted octanol–water partition coefficient (Wildman–Crippen LogP) is 3.69. The zero-order valence-corrected chi connectivity index (χ0v) is 26.0. The van der Waals surface area contributed by atoms with E-state index in [2.05, 4.69) is 32.5 Å². The maximum atomic E-state index is 12.2. The van der Waals surface area contributed by atoms with Crippen LogP contribution >= 0.6 is 0 Å². The Kier molecular flexibility index (Phi) is 11.9. The fourth-order valence-corrected chi connectivity index (χ4v) is 4.08. The van der Waals surface area contributed by atoms with Gasteiger partial charge in [0.05, 0.1) is 30.7 Å². The number of nitrogens with one attached hydrogen (secondary N) is 3. The minimum Gasteiger partial charge on any atom is -0.494 e. The van der Waals surface area contributed by atoms with Gasteiger partial charge in [0.2, 0.25) is 5.91 Å². The second-order valence-electron chi connectivity index (χ2n) is 10.3. The molecule has 0 atom stereocenters. The molecule has 11 heteroatoms. The first-order valence-corrected chi connectivity index (χ1v) is 14.2. The summed E-state index contributed by atoms with van der Waals surface area (Å²) in [7, 11) is 5.01. The molecule has 1 saturated carbocycles. The van der Waals surface area contributed by atoms with E-state index in [-0.39, 0.29) is 29.0 Å². The van der Waals surface area contributed by atoms with Crippen molar-refractivity contribution in [1.82, 2.24) is 25.5 Å². The molecule has 3 aromatic rings. The summed E-state index contributed by atoms with van der Waals surface area (Å²) in [6.45, 7) is 8.41. The Labute approximate surface area is 259 Å². The van der Waals surface area contributed by atoms with Crippen LogP contribution in [0.2, 0.25) is 0 Å². The van der Waals surface area contributed by atoms with Crippen molar-refractivity contribution in [3.8, 4) is 16.9 Å². The van der Waals surface area contributed by atoms with Crippen molar-refractivity contribution < 1.29 is 14.3 Å². The lowest BCUT2D eigenvalue weighted by molar-refractivity contribution is -0.121. The lowest BCUT2D eigenvalue weighted by Crippen LogP contribution is -2.31. The number of likely N-dealkylation sites (N-methyl/N-ethyl adjacent to an activating group) is 1. The van der Waals surface area contributed by atoms with Crippen LogP contribution < -0.4 is 32.2 Å². The number of aryl methyl sites for hydroxylation is 2. The van der Waals surface area contributed by atoms with Crippen molar-refractivity contribution in [1.29, 1.82) is 0 Å². The predicted molar refractivity (Wildman–Crippen MR) is 174 cm³/mol. The van der Waals surface area contributed by atoms with Gasteiger partial charge in [-0.1, -0.05) is 30.8 Å². The zero-order valence-electron chi connectivity index (χ0n) is 26.0. The molecule has 1 aliphatic rings. The normalized spacial score (nSPS) is 13.0. The highest BCUT2D eigenvalue weighted by atomic mass is 16.5. The first-order valence-electron chi connectivity index (χ1n) is 14.2. The summed E-state index contributed by atoms with van der Waals surface area (Å²) < 4.78 is 5.66. The molecule has 0 bridgehead atoms. The Morgan fingerprint density at radius 1 is 1.09 bits per heavy atom. The van der Waals surface area contributed by atoms with Crippen LogP contribution in [0.5, 0.6) is 5.75 Å². The number of pyridine rings is 2. The van der Waals surface area contributed by atoms with Gasteiger partial charge in [0.15, 0.2) is 0 Å². The molecule has 44 heavy (non-hydrogen) atoms. The molecule has 2 heterocycles. The molecule has 11 nitrogen and oxygen atoms in total. The number of carbonyl (C=O) groups is 2. The van der Waals surface area contributed by atoms with E-state index in [0.29, 0.717) is 11.4 Å². The Bertz CT molecular complexity index is 1530. The van der Waals surface area contributed by atoms with Gasteiger partial charge in [0, 0.05) is 54.8 Å². The number of rotatable bonds is 11. The minimum atomic E-state index is -0.497. The number of benzene rings is 1. The summed E-state index contributed by atoms with van der Waals surface area (Å²) in [6, 6.07) is 15.4. The van der Waals surface area contributed by atoms with E-state index in [0.717, 1.165) is 47.6 Å². The van der Waals surface area contributed by atoms with Crippen LogP contribution in [0.1, 0.15) is 29.9 Å². The van der Waals surface area contributed by atoms with Crippen LogP contribution in [0.25, 0.3) is 11.1 Å². The topological polar surface area (TPSA) is 161 Å². The van der Waals surface area contributed by atoms with Gasteiger partial charge in [0.1, 0.15) is 17.3 Å². The van der Waals surface area contributed by atoms with Crippen LogP contribution in [0, 0.1) is 19.8 Å². The molecule has 2 amide bonds. The van der Waals surface area contributed by atoms with E-state index in [9.17, 15) is 9.59 Å². The number of hydrogen-bond acceptors (Lipinski definition) is 9. The standard InChI is InChI=1S/C23H28N6O3.C10H14N2/c1-13-7-8-15(12-27-13)16-5-4-6-17(21(16)32-3)28-18(20(25)23(31)26-2)11-19(24)29-22(30)14-9-10-14;1-4-12(3)8-10-7-5-6-9(2)11-10/h4-8,11-12,14,28H,9-10,24-25H2,1-3H3,(H,26,31)(H,29,30);4-7H,1,8H2,2-3H3/b19-11+,20-18+;. The molecule has 7 N–H and O–H groups in total. The van der Waals surface area contributed by atoms with Crippen molar-refractivity contribution in [2.75, 3.05) is 26.5 Å². The second-order valence-corrected chi connectivity index (χ2v) is 10.3. The number of amides is 2. The van der Waals surface area contributed by atoms with Crippen molar-refractivity contribution in [3.05, 3.63) is 108 Å². The maximum absolute atomic E-state index is 12.2. The van der Waals surface area contributed by atoms with Crippen molar-refractivity contribution in [2.45, 2.75) is 33.2 Å². The number of allylic oxidation sites excluding steroid dienone is 1. The van der Waals surface area contributed by atoms with Crippen molar-refractivity contribution >= 4 is 17.5 Å². The van der Waals surface area contributed by atoms with Gasteiger partial charge in [-0.05, 0) is 57.2 Å². The summed E-state index contributed by atoms with van der Waals surface area (Å²) >= 11 is 0. The highest BCUT2D eigenvalue weighted by Gasteiger charge is 2.29. The van der Waals surface area contributed by atoms with Crippen LogP contribution in [0.3, 0.4) is 0 Å². The fraction of sp³-hybridized carbons (Fsp3) is 0.273. The number of hydrogen-bond donors (Lipinski definition) is 5.